The predicted octanol–water partition coefficient (Wildman–Crippen LogP) is 1.50. The number of nitrogens with zero attached hydrogens (tertiary/aromatic N) is 4. The zero-order valence-corrected chi connectivity index (χ0v) is 13.0. The van der Waals surface area contributed by atoms with E-state index in [0.717, 1.165) is 25.4 Å². The minimum absolute atomic E-state index is 0.624. The molecule has 1 heterocycles. The first-order valence-electron chi connectivity index (χ1n) is 6.89. The first-order valence-corrected chi connectivity index (χ1v) is 8.82. The van der Waals surface area contributed by atoms with Gasteiger partial charge in [0.1, 0.15) is 6.33 Å². The van der Waals surface area contributed by atoms with Crippen molar-refractivity contribution in [2.75, 3.05) is 19.8 Å². The summed E-state index contributed by atoms with van der Waals surface area (Å²) in [5.74, 6) is 0. The molecule has 1 aromatic heterocycles. The summed E-state index contributed by atoms with van der Waals surface area (Å²) in [6.07, 6.45) is 3.58. The molecule has 0 unspecified atom stereocenters. The van der Waals surface area contributed by atoms with E-state index < -0.39 is 8.80 Å². The zero-order chi connectivity index (χ0) is 14.0. The van der Waals surface area contributed by atoms with Gasteiger partial charge in [0.05, 0.1) is 0 Å². The Bertz CT molecular complexity index is 307. The Kier molecular flexibility index (Phi) is 7.80. The van der Waals surface area contributed by atoms with Gasteiger partial charge in [-0.15, -0.1) is 5.10 Å². The fraction of sp³-hybridized carbons (Fsp3) is 0.909. The van der Waals surface area contributed by atoms with Crippen LogP contribution in [0.2, 0.25) is 6.04 Å². The smallest absolute Gasteiger partial charge is 0.374 e. The molecule has 0 saturated heterocycles. The van der Waals surface area contributed by atoms with E-state index in [2.05, 4.69) is 15.5 Å². The molecule has 8 heteroatoms. The lowest BCUT2D eigenvalue weighted by Crippen LogP contribution is -2.45. The summed E-state index contributed by atoms with van der Waals surface area (Å²) in [5, 5.41) is 11.0. The van der Waals surface area contributed by atoms with Crippen molar-refractivity contribution in [2.45, 2.75) is 46.2 Å². The molecular formula is C11H24N4O3Si. The summed E-state index contributed by atoms with van der Waals surface area (Å²) in [7, 11) is -2.48. The molecule has 110 valence electrons. The first kappa shape index (κ1) is 16.2. The van der Waals surface area contributed by atoms with E-state index >= 15 is 0 Å². The highest BCUT2D eigenvalue weighted by atomic mass is 28.4. The van der Waals surface area contributed by atoms with Gasteiger partial charge in [-0.3, -0.25) is 0 Å². The maximum absolute atomic E-state index is 5.80. The Morgan fingerprint density at radius 1 is 1.00 bits per heavy atom. The van der Waals surface area contributed by atoms with Gasteiger partial charge >= 0.3 is 8.80 Å². The summed E-state index contributed by atoms with van der Waals surface area (Å²) in [6.45, 7) is 8.60. The molecule has 7 nitrogen and oxygen atoms in total. The van der Waals surface area contributed by atoms with Gasteiger partial charge in [-0.25, -0.2) is 4.68 Å². The fourth-order valence-electron chi connectivity index (χ4n) is 1.90. The summed E-state index contributed by atoms with van der Waals surface area (Å²) in [6, 6.07) is 0.838. The molecule has 0 radical (unpaired) electrons. The maximum Gasteiger partial charge on any atom is 0.500 e. The van der Waals surface area contributed by atoms with Crippen LogP contribution in [0, 0.1) is 0 Å². The number of unbranched alkanes of at least 4 members (excludes halogenated alkanes) is 1. The van der Waals surface area contributed by atoms with E-state index in [1.54, 1.807) is 11.0 Å². The lowest BCUT2D eigenvalue weighted by atomic mass is 10.3. The van der Waals surface area contributed by atoms with Crippen LogP contribution in [-0.4, -0.2) is 48.8 Å². The zero-order valence-electron chi connectivity index (χ0n) is 12.0. The number of aromatic nitrogens is 4. The molecular weight excluding hydrogens is 264 g/mol. The van der Waals surface area contributed by atoms with Crippen LogP contribution < -0.4 is 0 Å². The third-order valence-corrected chi connectivity index (χ3v) is 5.76. The third kappa shape index (κ3) is 5.77. The highest BCUT2D eigenvalue weighted by molar-refractivity contribution is 6.60. The number of rotatable bonds is 11. The molecule has 0 atom stereocenters. The molecule has 0 aliphatic heterocycles. The number of aryl methyl sites for hydroxylation is 1. The van der Waals surface area contributed by atoms with Gasteiger partial charge in [-0.2, -0.15) is 0 Å². The normalized spacial score (nSPS) is 11.9. The Hall–Kier alpha value is -0.833. The van der Waals surface area contributed by atoms with Gasteiger partial charge in [0, 0.05) is 32.4 Å². The molecule has 1 aromatic rings. The Morgan fingerprint density at radius 2 is 1.63 bits per heavy atom. The largest absolute Gasteiger partial charge is 0.500 e. The van der Waals surface area contributed by atoms with E-state index in [1.165, 1.54) is 0 Å². The lowest BCUT2D eigenvalue weighted by Gasteiger charge is -2.28. The van der Waals surface area contributed by atoms with Crippen molar-refractivity contribution in [3.8, 4) is 0 Å². The van der Waals surface area contributed by atoms with Crippen LogP contribution in [0.5, 0.6) is 0 Å². The highest BCUT2D eigenvalue weighted by Crippen LogP contribution is 2.19. The monoisotopic (exact) mass is 288 g/mol. The standard InChI is InChI=1S/C11H24N4O3Si/c1-4-16-19(17-5-2,18-6-3)10-8-7-9-15-11-12-13-14-15/h11H,4-10H2,1-3H3. The van der Waals surface area contributed by atoms with Crippen molar-refractivity contribution < 1.29 is 13.3 Å². The first-order chi connectivity index (χ1) is 9.26. The van der Waals surface area contributed by atoms with Gasteiger partial charge in [-0.1, -0.05) is 0 Å². The average Bonchev–Trinajstić information content (AvgIpc) is 2.89. The van der Waals surface area contributed by atoms with E-state index in [9.17, 15) is 0 Å². The molecule has 0 amide bonds. The quantitative estimate of drug-likeness (QED) is 0.454. The van der Waals surface area contributed by atoms with E-state index in [1.807, 2.05) is 20.8 Å². The molecule has 19 heavy (non-hydrogen) atoms. The molecule has 0 saturated carbocycles. The molecule has 0 fully saturated rings. The van der Waals surface area contributed by atoms with Crippen molar-refractivity contribution in [2.24, 2.45) is 0 Å². The third-order valence-electron chi connectivity index (χ3n) is 2.60. The lowest BCUT2D eigenvalue weighted by molar-refractivity contribution is 0.0706. The van der Waals surface area contributed by atoms with Gasteiger partial charge in [0.15, 0.2) is 0 Å². The Labute approximate surface area is 115 Å². The topological polar surface area (TPSA) is 71.3 Å². The number of hydrogen-bond donors (Lipinski definition) is 0. The SMILES string of the molecule is CCO[Si](CCCCn1cnnn1)(OCC)OCC. The van der Waals surface area contributed by atoms with E-state index in [4.69, 9.17) is 13.3 Å². The van der Waals surface area contributed by atoms with Crippen LogP contribution in [0.15, 0.2) is 6.33 Å². The molecule has 0 N–H and O–H groups in total. The molecule has 1 rings (SSSR count). The number of hydrogen-bond acceptors (Lipinski definition) is 6. The van der Waals surface area contributed by atoms with Crippen molar-refractivity contribution >= 4 is 8.80 Å². The fourth-order valence-corrected chi connectivity index (χ4v) is 4.58. The summed E-state index contributed by atoms with van der Waals surface area (Å²) < 4.78 is 19.1. The second kappa shape index (κ2) is 9.13. The molecule has 0 bridgehead atoms. The van der Waals surface area contributed by atoms with Crippen LogP contribution in [-0.2, 0) is 19.8 Å². The van der Waals surface area contributed by atoms with Crippen molar-refractivity contribution in [3.05, 3.63) is 6.33 Å². The molecule has 0 spiro atoms. The second-order valence-corrected chi connectivity index (χ2v) is 6.74. The minimum atomic E-state index is -2.48. The van der Waals surface area contributed by atoms with Crippen LogP contribution in [0.3, 0.4) is 0 Å². The predicted molar refractivity (Wildman–Crippen MR) is 72.5 cm³/mol. The summed E-state index contributed by atoms with van der Waals surface area (Å²) >= 11 is 0. The average molecular weight is 288 g/mol. The van der Waals surface area contributed by atoms with E-state index in [0.29, 0.717) is 19.8 Å². The highest BCUT2D eigenvalue weighted by Gasteiger charge is 2.39. The van der Waals surface area contributed by atoms with Crippen molar-refractivity contribution in [1.29, 1.82) is 0 Å². The van der Waals surface area contributed by atoms with Crippen molar-refractivity contribution in [3.63, 3.8) is 0 Å². The molecule has 0 aromatic carbocycles. The summed E-state index contributed by atoms with van der Waals surface area (Å²) in [4.78, 5) is 0. The van der Waals surface area contributed by atoms with Gasteiger partial charge in [0.2, 0.25) is 0 Å². The van der Waals surface area contributed by atoms with Crippen LogP contribution in [0.25, 0.3) is 0 Å². The van der Waals surface area contributed by atoms with Crippen molar-refractivity contribution in [1.82, 2.24) is 20.2 Å². The van der Waals surface area contributed by atoms with Gasteiger partial charge in [-0.05, 0) is 44.0 Å². The van der Waals surface area contributed by atoms with Gasteiger partial charge < -0.3 is 13.3 Å². The Balaban J connectivity index is 2.37. The molecule has 0 aliphatic carbocycles. The van der Waals surface area contributed by atoms with Crippen LogP contribution in [0.4, 0.5) is 0 Å². The summed E-state index contributed by atoms with van der Waals surface area (Å²) in [5.41, 5.74) is 0. The maximum atomic E-state index is 5.80. The van der Waals surface area contributed by atoms with Gasteiger partial charge in [0.25, 0.3) is 0 Å². The second-order valence-electron chi connectivity index (χ2n) is 4.01. The van der Waals surface area contributed by atoms with Crippen LogP contribution in [0.1, 0.15) is 33.6 Å². The molecule has 0 aliphatic rings. The van der Waals surface area contributed by atoms with E-state index in [-0.39, 0.29) is 0 Å². The minimum Gasteiger partial charge on any atom is -0.374 e. The van der Waals surface area contributed by atoms with Crippen LogP contribution >= 0.6 is 0 Å². The number of tetrazole rings is 1. The Morgan fingerprint density at radius 3 is 2.11 bits per heavy atom.